The van der Waals surface area contributed by atoms with Crippen LogP contribution in [-0.4, -0.2) is 29.4 Å². The minimum Gasteiger partial charge on any atom is -0.454 e. The molecule has 0 radical (unpaired) electrons. The number of H-pyrrole nitrogens is 1. The summed E-state index contributed by atoms with van der Waals surface area (Å²) >= 11 is 0. The SMILES string of the molecule is Cc1[nH]c2ccccc2c1C(=O)COC(=O)c1ccc(COC(C)C)cc1. The number of benzene rings is 2. The molecular weight excluding hydrogens is 342 g/mol. The zero-order valence-corrected chi connectivity index (χ0v) is 15.7. The molecule has 0 unspecified atom stereocenters. The van der Waals surface area contributed by atoms with Gasteiger partial charge in [-0.3, -0.25) is 4.79 Å². The van der Waals surface area contributed by atoms with Crippen molar-refractivity contribution in [2.45, 2.75) is 33.5 Å². The summed E-state index contributed by atoms with van der Waals surface area (Å²) in [5, 5.41) is 0.838. The summed E-state index contributed by atoms with van der Waals surface area (Å²) in [6, 6.07) is 14.6. The number of Topliss-reactive ketones (excluding diaryl/α,β-unsaturated/α-hetero) is 1. The van der Waals surface area contributed by atoms with Crippen molar-refractivity contribution in [3.05, 3.63) is 70.9 Å². The lowest BCUT2D eigenvalue weighted by Gasteiger charge is -2.08. The van der Waals surface area contributed by atoms with Crippen LogP contribution in [-0.2, 0) is 16.1 Å². The van der Waals surface area contributed by atoms with E-state index in [9.17, 15) is 9.59 Å². The quantitative estimate of drug-likeness (QED) is 0.496. The number of ketones is 1. The number of carbonyl (C=O) groups is 2. The Morgan fingerprint density at radius 1 is 1.04 bits per heavy atom. The topological polar surface area (TPSA) is 68.4 Å². The fraction of sp³-hybridized carbons (Fsp3) is 0.273. The van der Waals surface area contributed by atoms with Crippen LogP contribution >= 0.6 is 0 Å². The molecule has 0 atom stereocenters. The van der Waals surface area contributed by atoms with Gasteiger partial charge in [-0.2, -0.15) is 0 Å². The zero-order chi connectivity index (χ0) is 19.4. The predicted octanol–water partition coefficient (Wildman–Crippen LogP) is 4.44. The Morgan fingerprint density at radius 2 is 1.74 bits per heavy atom. The predicted molar refractivity (Wildman–Crippen MR) is 104 cm³/mol. The zero-order valence-electron chi connectivity index (χ0n) is 15.7. The molecule has 1 heterocycles. The van der Waals surface area contributed by atoms with Gasteiger partial charge in [0.05, 0.1) is 18.3 Å². The van der Waals surface area contributed by atoms with Crippen LogP contribution in [0, 0.1) is 6.92 Å². The molecular formula is C22H23NO4. The van der Waals surface area contributed by atoms with Gasteiger partial charge in [-0.15, -0.1) is 0 Å². The van der Waals surface area contributed by atoms with Gasteiger partial charge in [0.1, 0.15) is 0 Å². The number of ether oxygens (including phenoxy) is 2. The second-order valence-corrected chi connectivity index (χ2v) is 6.73. The highest BCUT2D eigenvalue weighted by Gasteiger charge is 2.18. The third-order valence-electron chi connectivity index (χ3n) is 4.28. The monoisotopic (exact) mass is 365 g/mol. The van der Waals surface area contributed by atoms with Crippen molar-refractivity contribution in [3.8, 4) is 0 Å². The van der Waals surface area contributed by atoms with Crippen molar-refractivity contribution in [2.24, 2.45) is 0 Å². The molecule has 5 heteroatoms. The van der Waals surface area contributed by atoms with E-state index in [1.165, 1.54) is 0 Å². The van der Waals surface area contributed by atoms with Crippen molar-refractivity contribution in [3.63, 3.8) is 0 Å². The van der Waals surface area contributed by atoms with E-state index in [0.717, 1.165) is 22.2 Å². The number of aryl methyl sites for hydroxylation is 1. The summed E-state index contributed by atoms with van der Waals surface area (Å²) in [7, 11) is 0. The molecule has 0 bridgehead atoms. The van der Waals surface area contributed by atoms with Gasteiger partial charge in [0.25, 0.3) is 0 Å². The minimum absolute atomic E-state index is 0.147. The molecule has 1 N–H and O–H groups in total. The van der Waals surface area contributed by atoms with Gasteiger partial charge in [0, 0.05) is 22.2 Å². The molecule has 0 saturated heterocycles. The van der Waals surface area contributed by atoms with E-state index < -0.39 is 5.97 Å². The van der Waals surface area contributed by atoms with Gasteiger partial charge >= 0.3 is 5.97 Å². The number of aromatic amines is 1. The molecule has 1 aromatic heterocycles. The number of hydrogen-bond donors (Lipinski definition) is 1. The summed E-state index contributed by atoms with van der Waals surface area (Å²) in [5.74, 6) is -0.738. The molecule has 0 aliphatic heterocycles. The van der Waals surface area contributed by atoms with Gasteiger partial charge in [-0.1, -0.05) is 30.3 Å². The standard InChI is InChI=1S/C22H23NO4/c1-14(2)26-12-16-8-10-17(11-9-16)22(25)27-13-20(24)21-15(3)23-19-7-5-4-6-18(19)21/h4-11,14,23H,12-13H2,1-3H3. The average Bonchev–Trinajstić information content (AvgIpc) is 3.00. The van der Waals surface area contributed by atoms with Crippen molar-refractivity contribution in [1.29, 1.82) is 0 Å². The van der Waals surface area contributed by atoms with Crippen LogP contribution in [0.25, 0.3) is 10.9 Å². The van der Waals surface area contributed by atoms with Crippen LogP contribution in [0.15, 0.2) is 48.5 Å². The van der Waals surface area contributed by atoms with Gasteiger partial charge in [-0.05, 0) is 44.5 Å². The number of fused-ring (bicyclic) bond motifs is 1. The fourth-order valence-electron chi connectivity index (χ4n) is 2.92. The first-order valence-electron chi connectivity index (χ1n) is 8.94. The molecule has 27 heavy (non-hydrogen) atoms. The Bertz CT molecular complexity index is 954. The highest BCUT2D eigenvalue weighted by atomic mass is 16.5. The maximum absolute atomic E-state index is 12.6. The molecule has 0 spiro atoms. The number of hydrogen-bond acceptors (Lipinski definition) is 4. The summed E-state index contributed by atoms with van der Waals surface area (Å²) in [4.78, 5) is 28.0. The summed E-state index contributed by atoms with van der Waals surface area (Å²) in [6.45, 7) is 5.98. The Kier molecular flexibility index (Phi) is 5.72. The number of aromatic nitrogens is 1. The van der Waals surface area contributed by atoms with E-state index in [1.54, 1.807) is 12.1 Å². The molecule has 5 nitrogen and oxygen atoms in total. The highest BCUT2D eigenvalue weighted by molar-refractivity contribution is 6.10. The molecule has 0 amide bonds. The van der Waals surface area contributed by atoms with Crippen molar-refractivity contribution in [2.75, 3.05) is 6.61 Å². The smallest absolute Gasteiger partial charge is 0.338 e. The molecule has 140 valence electrons. The highest BCUT2D eigenvalue weighted by Crippen LogP contribution is 2.22. The summed E-state index contributed by atoms with van der Waals surface area (Å²) in [5.41, 5.74) is 3.62. The summed E-state index contributed by atoms with van der Waals surface area (Å²) < 4.78 is 10.8. The van der Waals surface area contributed by atoms with E-state index in [4.69, 9.17) is 9.47 Å². The Balaban J connectivity index is 1.63. The molecule has 0 aliphatic rings. The largest absolute Gasteiger partial charge is 0.454 e. The Morgan fingerprint density at radius 3 is 2.44 bits per heavy atom. The van der Waals surface area contributed by atoms with Crippen LogP contribution in [0.4, 0.5) is 0 Å². The second kappa shape index (κ2) is 8.18. The van der Waals surface area contributed by atoms with E-state index >= 15 is 0 Å². The molecule has 3 aromatic rings. The van der Waals surface area contributed by atoms with Crippen molar-refractivity contribution >= 4 is 22.7 Å². The Labute approximate surface area is 158 Å². The lowest BCUT2D eigenvalue weighted by molar-refractivity contribution is 0.0474. The number of nitrogens with one attached hydrogen (secondary N) is 1. The third kappa shape index (κ3) is 4.44. The number of para-hydroxylation sites is 1. The van der Waals surface area contributed by atoms with Crippen LogP contribution in [0.2, 0.25) is 0 Å². The Hall–Kier alpha value is -2.92. The van der Waals surface area contributed by atoms with E-state index in [2.05, 4.69) is 4.98 Å². The first kappa shape index (κ1) is 18.9. The fourth-order valence-corrected chi connectivity index (χ4v) is 2.92. The van der Waals surface area contributed by atoms with Crippen molar-refractivity contribution < 1.29 is 19.1 Å². The van der Waals surface area contributed by atoms with Crippen LogP contribution in [0.5, 0.6) is 0 Å². The normalized spacial score (nSPS) is 11.1. The first-order chi connectivity index (χ1) is 13.0. The van der Waals surface area contributed by atoms with Crippen molar-refractivity contribution in [1.82, 2.24) is 4.98 Å². The van der Waals surface area contributed by atoms with E-state index in [1.807, 2.05) is 57.2 Å². The number of esters is 1. The van der Waals surface area contributed by atoms with Gasteiger partial charge in [-0.25, -0.2) is 4.79 Å². The maximum Gasteiger partial charge on any atom is 0.338 e. The number of rotatable bonds is 7. The molecule has 2 aromatic carbocycles. The van der Waals surface area contributed by atoms with Gasteiger partial charge < -0.3 is 14.5 Å². The average molecular weight is 365 g/mol. The molecule has 0 aliphatic carbocycles. The second-order valence-electron chi connectivity index (χ2n) is 6.73. The minimum atomic E-state index is -0.517. The molecule has 0 fully saturated rings. The van der Waals surface area contributed by atoms with E-state index in [0.29, 0.717) is 17.7 Å². The van der Waals surface area contributed by atoms with Gasteiger partial charge in [0.2, 0.25) is 5.78 Å². The van der Waals surface area contributed by atoms with E-state index in [-0.39, 0.29) is 18.5 Å². The number of carbonyl (C=O) groups excluding carboxylic acids is 2. The first-order valence-corrected chi connectivity index (χ1v) is 8.94. The van der Waals surface area contributed by atoms with Gasteiger partial charge in [0.15, 0.2) is 6.61 Å². The molecule has 0 saturated carbocycles. The van der Waals surface area contributed by atoms with Crippen LogP contribution in [0.1, 0.15) is 45.8 Å². The van der Waals surface area contributed by atoms with Crippen LogP contribution in [0.3, 0.4) is 0 Å². The summed E-state index contributed by atoms with van der Waals surface area (Å²) in [6.07, 6.45) is 0.147. The lowest BCUT2D eigenvalue weighted by atomic mass is 10.1. The third-order valence-corrected chi connectivity index (χ3v) is 4.28. The van der Waals surface area contributed by atoms with Crippen LogP contribution < -0.4 is 0 Å². The molecule has 3 rings (SSSR count). The maximum atomic E-state index is 12.6. The lowest BCUT2D eigenvalue weighted by Crippen LogP contribution is -2.15.